The van der Waals surface area contributed by atoms with Crippen molar-refractivity contribution in [2.45, 2.75) is 24.9 Å². The minimum Gasteiger partial charge on any atom is -0.399 e. The van der Waals surface area contributed by atoms with E-state index in [0.717, 1.165) is 11.0 Å². The number of aliphatic hydroxyl groups is 2. The molecule has 4 N–H and O–H groups in total. The number of hydrogen-bond donors (Lipinski definition) is 3. The van der Waals surface area contributed by atoms with E-state index >= 15 is 0 Å². The maximum Gasteiger partial charge on any atom is 0.138 e. The highest BCUT2D eigenvalue weighted by Crippen LogP contribution is 2.31. The van der Waals surface area contributed by atoms with Crippen LogP contribution in [0.3, 0.4) is 0 Å². The number of aromatic nitrogens is 2. The van der Waals surface area contributed by atoms with E-state index < -0.39 is 12.2 Å². The van der Waals surface area contributed by atoms with Gasteiger partial charge in [-0.25, -0.2) is 4.98 Å². The summed E-state index contributed by atoms with van der Waals surface area (Å²) >= 11 is 0. The quantitative estimate of drug-likeness (QED) is 0.664. The summed E-state index contributed by atoms with van der Waals surface area (Å²) in [7, 11) is 0. The molecule has 3 atom stereocenters. The number of hydrogen-bond acceptors (Lipinski definition) is 5. The lowest BCUT2D eigenvalue weighted by atomic mass is 10.2. The average Bonchev–Trinajstić information content (AvgIpc) is 2.91. The second-order valence-corrected chi connectivity index (χ2v) is 4.51. The standard InChI is InChI=1S/C12H15N3O3/c13-7-1-2-9-8(3-7)14-6-15(9)12-4-10(17)11(5-16)18-12/h1-3,6,10-12,16-17H,4-5,13H2/t10-,11+,12+/m0/s1. The molecule has 1 aromatic carbocycles. The molecule has 1 saturated heterocycles. The van der Waals surface area contributed by atoms with E-state index in [2.05, 4.69) is 4.98 Å². The molecule has 0 saturated carbocycles. The molecular formula is C12H15N3O3. The van der Waals surface area contributed by atoms with Gasteiger partial charge in [0, 0.05) is 12.1 Å². The van der Waals surface area contributed by atoms with Crippen molar-refractivity contribution in [1.29, 1.82) is 0 Å². The first-order valence-corrected chi connectivity index (χ1v) is 5.85. The van der Waals surface area contributed by atoms with Gasteiger partial charge in [0.25, 0.3) is 0 Å². The van der Waals surface area contributed by atoms with Crippen LogP contribution in [0.1, 0.15) is 12.6 Å². The molecule has 0 amide bonds. The highest BCUT2D eigenvalue weighted by molar-refractivity contribution is 5.79. The van der Waals surface area contributed by atoms with Crippen LogP contribution in [-0.2, 0) is 4.74 Å². The minimum absolute atomic E-state index is 0.183. The van der Waals surface area contributed by atoms with Crippen molar-refractivity contribution in [1.82, 2.24) is 9.55 Å². The molecule has 0 radical (unpaired) electrons. The van der Waals surface area contributed by atoms with Gasteiger partial charge in [-0.05, 0) is 18.2 Å². The van der Waals surface area contributed by atoms with E-state index in [4.69, 9.17) is 15.6 Å². The Morgan fingerprint density at radius 1 is 1.50 bits per heavy atom. The van der Waals surface area contributed by atoms with Crippen LogP contribution >= 0.6 is 0 Å². The molecule has 0 spiro atoms. The van der Waals surface area contributed by atoms with Gasteiger partial charge in [0.2, 0.25) is 0 Å². The van der Waals surface area contributed by atoms with Crippen molar-refractivity contribution in [2.24, 2.45) is 0 Å². The minimum atomic E-state index is -0.647. The third kappa shape index (κ3) is 1.74. The molecular weight excluding hydrogens is 234 g/mol. The predicted molar refractivity (Wildman–Crippen MR) is 65.8 cm³/mol. The van der Waals surface area contributed by atoms with Gasteiger partial charge >= 0.3 is 0 Å². The maximum absolute atomic E-state index is 9.74. The number of nitrogens with zero attached hydrogens (tertiary/aromatic N) is 2. The molecule has 0 aliphatic carbocycles. The number of nitrogens with two attached hydrogens (primary N) is 1. The summed E-state index contributed by atoms with van der Waals surface area (Å²) in [4.78, 5) is 4.26. The van der Waals surface area contributed by atoms with Crippen LogP contribution in [0, 0.1) is 0 Å². The molecule has 2 heterocycles. The number of aliphatic hydroxyl groups excluding tert-OH is 2. The third-order valence-corrected chi connectivity index (χ3v) is 3.29. The summed E-state index contributed by atoms with van der Waals surface area (Å²) in [6.45, 7) is -0.183. The second-order valence-electron chi connectivity index (χ2n) is 4.51. The fourth-order valence-electron chi connectivity index (χ4n) is 2.33. The molecule has 6 nitrogen and oxygen atoms in total. The zero-order chi connectivity index (χ0) is 12.7. The van der Waals surface area contributed by atoms with E-state index in [1.807, 2.05) is 10.6 Å². The van der Waals surface area contributed by atoms with Crippen molar-refractivity contribution >= 4 is 16.7 Å². The third-order valence-electron chi connectivity index (χ3n) is 3.29. The number of imidazole rings is 1. The monoisotopic (exact) mass is 249 g/mol. The molecule has 6 heteroatoms. The van der Waals surface area contributed by atoms with Gasteiger partial charge < -0.3 is 25.3 Å². The molecule has 2 aromatic rings. The number of nitrogen functional groups attached to an aromatic ring is 1. The van der Waals surface area contributed by atoms with Crippen LogP contribution in [0.4, 0.5) is 5.69 Å². The molecule has 18 heavy (non-hydrogen) atoms. The summed E-state index contributed by atoms with van der Waals surface area (Å²) in [6.07, 6.45) is 0.640. The van der Waals surface area contributed by atoms with E-state index in [1.165, 1.54) is 0 Å². The smallest absolute Gasteiger partial charge is 0.138 e. The van der Waals surface area contributed by atoms with Gasteiger partial charge in [-0.2, -0.15) is 0 Å². The van der Waals surface area contributed by atoms with Crippen molar-refractivity contribution in [2.75, 3.05) is 12.3 Å². The van der Waals surface area contributed by atoms with Gasteiger partial charge in [0.1, 0.15) is 12.3 Å². The molecule has 1 aliphatic rings. The SMILES string of the molecule is Nc1ccc2c(c1)ncn2[C@H]1C[C@H](O)[C@@H](CO)O1. The van der Waals surface area contributed by atoms with Crippen molar-refractivity contribution in [3.05, 3.63) is 24.5 Å². The lowest BCUT2D eigenvalue weighted by Gasteiger charge is -2.14. The van der Waals surface area contributed by atoms with Crippen LogP contribution in [-0.4, -0.2) is 38.6 Å². The first-order valence-electron chi connectivity index (χ1n) is 5.85. The van der Waals surface area contributed by atoms with Gasteiger partial charge in [0.05, 0.1) is 30.1 Å². The largest absolute Gasteiger partial charge is 0.399 e. The van der Waals surface area contributed by atoms with Crippen molar-refractivity contribution < 1.29 is 14.9 Å². The zero-order valence-corrected chi connectivity index (χ0v) is 9.73. The zero-order valence-electron chi connectivity index (χ0n) is 9.73. The highest BCUT2D eigenvalue weighted by atomic mass is 16.5. The Balaban J connectivity index is 1.96. The first kappa shape index (κ1) is 11.5. The fourth-order valence-corrected chi connectivity index (χ4v) is 2.33. The predicted octanol–water partition coefficient (Wildman–Crippen LogP) is 0.259. The molecule has 1 aliphatic heterocycles. The summed E-state index contributed by atoms with van der Waals surface area (Å²) < 4.78 is 7.45. The summed E-state index contributed by atoms with van der Waals surface area (Å²) in [5.74, 6) is 0. The molecule has 0 unspecified atom stereocenters. The topological polar surface area (TPSA) is 93.5 Å². The van der Waals surface area contributed by atoms with E-state index in [0.29, 0.717) is 12.1 Å². The maximum atomic E-state index is 9.74. The lowest BCUT2D eigenvalue weighted by molar-refractivity contribution is -0.0430. The summed E-state index contributed by atoms with van der Waals surface area (Å²) in [5, 5.41) is 18.8. The molecule has 1 aromatic heterocycles. The molecule has 3 rings (SSSR count). The van der Waals surface area contributed by atoms with Crippen molar-refractivity contribution in [3.8, 4) is 0 Å². The van der Waals surface area contributed by atoms with Gasteiger partial charge in [0.15, 0.2) is 0 Å². The van der Waals surface area contributed by atoms with Crippen LogP contribution < -0.4 is 5.73 Å². The van der Waals surface area contributed by atoms with Crippen molar-refractivity contribution in [3.63, 3.8) is 0 Å². The Hall–Kier alpha value is -1.63. The Bertz CT molecular complexity index is 569. The molecule has 0 bridgehead atoms. The number of rotatable bonds is 2. The van der Waals surface area contributed by atoms with E-state index in [1.54, 1.807) is 18.5 Å². The number of anilines is 1. The Morgan fingerprint density at radius 3 is 3.06 bits per heavy atom. The Kier molecular flexibility index (Phi) is 2.70. The highest BCUT2D eigenvalue weighted by Gasteiger charge is 2.34. The van der Waals surface area contributed by atoms with E-state index in [9.17, 15) is 5.11 Å². The van der Waals surface area contributed by atoms with Gasteiger partial charge in [-0.3, -0.25) is 0 Å². The van der Waals surface area contributed by atoms with Crippen LogP contribution in [0.5, 0.6) is 0 Å². The van der Waals surface area contributed by atoms with Gasteiger partial charge in [-0.1, -0.05) is 0 Å². The van der Waals surface area contributed by atoms with Crippen LogP contribution in [0.15, 0.2) is 24.5 Å². The summed E-state index contributed by atoms with van der Waals surface area (Å²) in [5.41, 5.74) is 8.05. The van der Waals surface area contributed by atoms with Crippen LogP contribution in [0.25, 0.3) is 11.0 Å². The van der Waals surface area contributed by atoms with E-state index in [-0.39, 0.29) is 12.8 Å². The Labute approximate surface area is 104 Å². The fraction of sp³-hybridized carbons (Fsp3) is 0.417. The number of benzene rings is 1. The normalized spacial score (nSPS) is 28.0. The van der Waals surface area contributed by atoms with Crippen LogP contribution in [0.2, 0.25) is 0 Å². The first-order chi connectivity index (χ1) is 8.69. The molecule has 1 fully saturated rings. The molecule has 96 valence electrons. The van der Waals surface area contributed by atoms with Gasteiger partial charge in [-0.15, -0.1) is 0 Å². The average molecular weight is 249 g/mol. The lowest BCUT2D eigenvalue weighted by Crippen LogP contribution is -2.24. The number of ether oxygens (including phenoxy) is 1. The second kappa shape index (κ2) is 4.24. The Morgan fingerprint density at radius 2 is 2.33 bits per heavy atom. The summed E-state index contributed by atoms with van der Waals surface area (Å²) in [6, 6.07) is 5.47. The number of fused-ring (bicyclic) bond motifs is 1.